The van der Waals surface area contributed by atoms with Gasteiger partial charge >= 0.3 is 0 Å². The first kappa shape index (κ1) is 11.5. The molecule has 0 atom stereocenters. The van der Waals surface area contributed by atoms with Gasteiger partial charge in [-0.05, 0) is 30.5 Å². The van der Waals surface area contributed by atoms with Crippen LogP contribution in [0.1, 0.15) is 11.3 Å². The fourth-order valence-corrected chi connectivity index (χ4v) is 1.74. The van der Waals surface area contributed by atoms with E-state index in [9.17, 15) is 0 Å². The van der Waals surface area contributed by atoms with Crippen molar-refractivity contribution in [3.8, 4) is 0 Å². The average Bonchev–Trinajstić information content (AvgIpc) is 2.73. The summed E-state index contributed by atoms with van der Waals surface area (Å²) in [5.74, 6) is 0.489. The summed E-state index contributed by atoms with van der Waals surface area (Å²) >= 11 is 0. The van der Waals surface area contributed by atoms with Gasteiger partial charge in [-0.2, -0.15) is 0 Å². The van der Waals surface area contributed by atoms with Crippen LogP contribution in [0.2, 0.25) is 0 Å². The van der Waals surface area contributed by atoms with Gasteiger partial charge in [0, 0.05) is 25.5 Å². The second-order valence-electron chi connectivity index (χ2n) is 4.35. The average molecular weight is 230 g/mol. The molecule has 0 spiro atoms. The number of aryl methyl sites for hydroxylation is 2. The number of rotatable bonds is 4. The molecule has 0 radical (unpaired) electrons. The van der Waals surface area contributed by atoms with Crippen LogP contribution in [0, 0.1) is 0 Å². The van der Waals surface area contributed by atoms with E-state index >= 15 is 0 Å². The molecule has 2 aromatic rings. The Kier molecular flexibility index (Phi) is 3.32. The molecule has 0 fully saturated rings. The van der Waals surface area contributed by atoms with Crippen LogP contribution in [0.5, 0.6) is 0 Å². The van der Waals surface area contributed by atoms with Crippen LogP contribution in [0.3, 0.4) is 0 Å². The SMILES string of the molecule is CN(C)c1ccc(CCc2cnc(N)[nH]2)cc1. The van der Waals surface area contributed by atoms with Gasteiger partial charge < -0.3 is 15.6 Å². The van der Waals surface area contributed by atoms with Gasteiger partial charge in [0.2, 0.25) is 0 Å². The Morgan fingerprint density at radius 2 is 1.88 bits per heavy atom. The minimum atomic E-state index is 0.489. The van der Waals surface area contributed by atoms with Crippen LogP contribution >= 0.6 is 0 Å². The van der Waals surface area contributed by atoms with Crippen molar-refractivity contribution in [3.05, 3.63) is 41.7 Å². The number of H-pyrrole nitrogens is 1. The second-order valence-corrected chi connectivity index (χ2v) is 4.35. The zero-order valence-electron chi connectivity index (χ0n) is 10.3. The number of nitrogen functional groups attached to an aromatic ring is 1. The number of aromatic amines is 1. The number of benzene rings is 1. The Balaban J connectivity index is 1.95. The standard InChI is InChI=1S/C13H18N4/c1-17(2)12-7-4-10(5-8-12)3-6-11-9-15-13(14)16-11/h4-5,7-9H,3,6H2,1-2H3,(H3,14,15,16). The fourth-order valence-electron chi connectivity index (χ4n) is 1.74. The number of nitrogens with zero attached hydrogens (tertiary/aromatic N) is 2. The van der Waals surface area contributed by atoms with Gasteiger partial charge in [-0.25, -0.2) is 4.98 Å². The van der Waals surface area contributed by atoms with Crippen molar-refractivity contribution in [1.29, 1.82) is 0 Å². The summed E-state index contributed by atoms with van der Waals surface area (Å²) < 4.78 is 0. The minimum Gasteiger partial charge on any atom is -0.378 e. The summed E-state index contributed by atoms with van der Waals surface area (Å²) in [5, 5.41) is 0. The minimum absolute atomic E-state index is 0.489. The number of nitrogens with two attached hydrogens (primary N) is 1. The van der Waals surface area contributed by atoms with Crippen LogP contribution in [-0.4, -0.2) is 24.1 Å². The molecule has 2 rings (SSSR count). The Morgan fingerprint density at radius 3 is 2.41 bits per heavy atom. The molecule has 1 aromatic carbocycles. The van der Waals surface area contributed by atoms with Crippen molar-refractivity contribution in [2.24, 2.45) is 0 Å². The normalized spacial score (nSPS) is 10.5. The van der Waals surface area contributed by atoms with Gasteiger partial charge in [0.1, 0.15) is 0 Å². The summed E-state index contributed by atoms with van der Waals surface area (Å²) in [4.78, 5) is 9.11. The quantitative estimate of drug-likeness (QED) is 0.842. The maximum atomic E-state index is 5.53. The third-order valence-electron chi connectivity index (χ3n) is 2.78. The predicted molar refractivity (Wildman–Crippen MR) is 71.2 cm³/mol. The first-order valence-electron chi connectivity index (χ1n) is 5.71. The first-order valence-corrected chi connectivity index (χ1v) is 5.71. The van der Waals surface area contributed by atoms with Crippen LogP contribution in [0.15, 0.2) is 30.5 Å². The molecule has 0 amide bonds. The topological polar surface area (TPSA) is 57.9 Å². The molecule has 0 aliphatic carbocycles. The van der Waals surface area contributed by atoms with Crippen molar-refractivity contribution in [2.45, 2.75) is 12.8 Å². The van der Waals surface area contributed by atoms with Crippen molar-refractivity contribution in [1.82, 2.24) is 9.97 Å². The molecule has 0 saturated heterocycles. The maximum absolute atomic E-state index is 5.53. The summed E-state index contributed by atoms with van der Waals surface area (Å²) in [6, 6.07) is 8.59. The van der Waals surface area contributed by atoms with E-state index in [0.29, 0.717) is 5.95 Å². The molecule has 0 saturated carbocycles. The Bertz CT molecular complexity index is 470. The molecule has 90 valence electrons. The molecule has 4 nitrogen and oxygen atoms in total. The van der Waals surface area contributed by atoms with Crippen molar-refractivity contribution < 1.29 is 0 Å². The van der Waals surface area contributed by atoms with E-state index in [1.54, 1.807) is 6.20 Å². The van der Waals surface area contributed by atoms with Gasteiger partial charge in [-0.3, -0.25) is 0 Å². The number of hydrogen-bond donors (Lipinski definition) is 2. The van der Waals surface area contributed by atoms with E-state index in [4.69, 9.17) is 5.73 Å². The molecule has 3 N–H and O–H groups in total. The van der Waals surface area contributed by atoms with E-state index in [1.807, 2.05) is 14.1 Å². The number of nitrogens with one attached hydrogen (secondary N) is 1. The lowest BCUT2D eigenvalue weighted by atomic mass is 10.1. The first-order chi connectivity index (χ1) is 8.15. The van der Waals surface area contributed by atoms with Gasteiger partial charge in [-0.1, -0.05) is 12.1 Å². The highest BCUT2D eigenvalue weighted by atomic mass is 15.1. The molecular formula is C13H18N4. The summed E-state index contributed by atoms with van der Waals surface area (Å²) in [6.45, 7) is 0. The van der Waals surface area contributed by atoms with Crippen LogP contribution < -0.4 is 10.6 Å². The third kappa shape index (κ3) is 3.00. The lowest BCUT2D eigenvalue weighted by Crippen LogP contribution is -2.08. The molecular weight excluding hydrogens is 212 g/mol. The van der Waals surface area contributed by atoms with E-state index < -0.39 is 0 Å². The molecule has 0 aliphatic rings. The van der Waals surface area contributed by atoms with Crippen molar-refractivity contribution in [3.63, 3.8) is 0 Å². The molecule has 0 unspecified atom stereocenters. The number of imidazole rings is 1. The van der Waals surface area contributed by atoms with E-state index in [2.05, 4.69) is 39.1 Å². The van der Waals surface area contributed by atoms with E-state index in [-0.39, 0.29) is 0 Å². The maximum Gasteiger partial charge on any atom is 0.197 e. The molecule has 17 heavy (non-hydrogen) atoms. The van der Waals surface area contributed by atoms with Crippen LogP contribution in [0.4, 0.5) is 11.6 Å². The lowest BCUT2D eigenvalue weighted by Gasteiger charge is -2.12. The lowest BCUT2D eigenvalue weighted by molar-refractivity contribution is 0.926. The third-order valence-corrected chi connectivity index (χ3v) is 2.78. The number of anilines is 2. The van der Waals surface area contributed by atoms with Crippen LogP contribution in [-0.2, 0) is 12.8 Å². The molecule has 4 heteroatoms. The predicted octanol–water partition coefficient (Wildman–Crippen LogP) is 1.84. The summed E-state index contributed by atoms with van der Waals surface area (Å²) in [7, 11) is 4.09. The summed E-state index contributed by atoms with van der Waals surface area (Å²) in [6.07, 6.45) is 3.73. The van der Waals surface area contributed by atoms with Gasteiger partial charge in [0.15, 0.2) is 5.95 Å². The highest BCUT2D eigenvalue weighted by Gasteiger charge is 2.00. The Hall–Kier alpha value is -1.97. The largest absolute Gasteiger partial charge is 0.378 e. The van der Waals surface area contributed by atoms with Crippen molar-refractivity contribution in [2.75, 3.05) is 24.7 Å². The highest BCUT2D eigenvalue weighted by molar-refractivity contribution is 5.46. The van der Waals surface area contributed by atoms with Gasteiger partial charge in [0.25, 0.3) is 0 Å². The molecule has 1 heterocycles. The number of aromatic nitrogens is 2. The van der Waals surface area contributed by atoms with Crippen LogP contribution in [0.25, 0.3) is 0 Å². The summed E-state index contributed by atoms with van der Waals surface area (Å²) in [5.41, 5.74) is 9.16. The highest BCUT2D eigenvalue weighted by Crippen LogP contribution is 2.13. The van der Waals surface area contributed by atoms with Crippen molar-refractivity contribution >= 4 is 11.6 Å². The van der Waals surface area contributed by atoms with E-state index in [1.165, 1.54) is 11.3 Å². The molecule has 0 aliphatic heterocycles. The zero-order valence-corrected chi connectivity index (χ0v) is 10.3. The monoisotopic (exact) mass is 230 g/mol. The van der Waals surface area contributed by atoms with Gasteiger partial charge in [-0.15, -0.1) is 0 Å². The fraction of sp³-hybridized carbons (Fsp3) is 0.308. The Morgan fingerprint density at radius 1 is 1.18 bits per heavy atom. The molecule has 1 aromatic heterocycles. The zero-order chi connectivity index (χ0) is 12.3. The number of hydrogen-bond acceptors (Lipinski definition) is 3. The smallest absolute Gasteiger partial charge is 0.197 e. The van der Waals surface area contributed by atoms with E-state index in [0.717, 1.165) is 18.5 Å². The second kappa shape index (κ2) is 4.91. The molecule has 0 bridgehead atoms. The Labute approximate surface area is 101 Å². The van der Waals surface area contributed by atoms with Gasteiger partial charge in [0.05, 0.1) is 6.20 Å².